The van der Waals surface area contributed by atoms with Crippen molar-refractivity contribution in [2.75, 3.05) is 19.8 Å². The zero-order valence-corrected chi connectivity index (χ0v) is 15.7. The predicted octanol–water partition coefficient (Wildman–Crippen LogP) is 3.06. The summed E-state index contributed by atoms with van der Waals surface area (Å²) in [4.78, 5) is 19.9. The zero-order chi connectivity index (χ0) is 19.3. The maximum atomic E-state index is 12.5. The van der Waals surface area contributed by atoms with Gasteiger partial charge in [-0.15, -0.1) is 0 Å². The third kappa shape index (κ3) is 4.26. The molecule has 0 spiro atoms. The fourth-order valence-corrected chi connectivity index (χ4v) is 3.16. The summed E-state index contributed by atoms with van der Waals surface area (Å²) in [5.41, 5.74) is 2.30. The van der Waals surface area contributed by atoms with Crippen molar-refractivity contribution in [1.29, 1.82) is 0 Å². The smallest absolute Gasteiger partial charge is 0.267 e. The van der Waals surface area contributed by atoms with Crippen molar-refractivity contribution in [3.05, 3.63) is 53.9 Å². The quantitative estimate of drug-likeness (QED) is 0.657. The molecule has 0 radical (unpaired) electrons. The molecule has 7 heteroatoms. The highest BCUT2D eigenvalue weighted by Crippen LogP contribution is 2.22. The van der Waals surface area contributed by atoms with E-state index in [0.717, 1.165) is 35.2 Å². The molecule has 2 aromatic heterocycles. The lowest BCUT2D eigenvalue weighted by atomic mass is 10.2. The van der Waals surface area contributed by atoms with Crippen molar-refractivity contribution in [3.63, 3.8) is 0 Å². The van der Waals surface area contributed by atoms with Crippen molar-refractivity contribution in [3.8, 4) is 11.6 Å². The zero-order valence-electron chi connectivity index (χ0n) is 15.7. The van der Waals surface area contributed by atoms with E-state index in [1.54, 1.807) is 6.20 Å². The molecular formula is C21H23N3O4. The Hall–Kier alpha value is -3.06. The van der Waals surface area contributed by atoms with Gasteiger partial charge < -0.3 is 24.5 Å². The molecule has 4 rings (SSSR count). The lowest BCUT2D eigenvalue weighted by molar-refractivity contribution is 0.0946. The van der Waals surface area contributed by atoms with Gasteiger partial charge in [0.1, 0.15) is 17.5 Å². The van der Waals surface area contributed by atoms with Crippen LogP contribution in [0.2, 0.25) is 0 Å². The van der Waals surface area contributed by atoms with E-state index >= 15 is 0 Å². The van der Waals surface area contributed by atoms with E-state index < -0.39 is 0 Å². The first kappa shape index (κ1) is 18.3. The Bertz CT molecular complexity index is 963. The first-order valence-corrected chi connectivity index (χ1v) is 9.44. The number of H-pyrrole nitrogens is 1. The number of benzene rings is 1. The van der Waals surface area contributed by atoms with Crippen molar-refractivity contribution < 1.29 is 19.0 Å². The molecular weight excluding hydrogens is 358 g/mol. The molecule has 0 bridgehead atoms. The van der Waals surface area contributed by atoms with Crippen LogP contribution in [0.5, 0.6) is 11.6 Å². The summed E-state index contributed by atoms with van der Waals surface area (Å²) in [6, 6.07) is 11.3. The Morgan fingerprint density at radius 2 is 2.25 bits per heavy atom. The molecule has 2 N–H and O–H groups in total. The number of rotatable bonds is 7. The van der Waals surface area contributed by atoms with E-state index in [-0.39, 0.29) is 12.0 Å². The molecule has 1 unspecified atom stereocenters. The summed E-state index contributed by atoms with van der Waals surface area (Å²) >= 11 is 0. The standard InChI is InChI=1S/C21H23N3O4/c1-2-27-16-4-3-15-10-19(24-18(15)11-16)21(25)23-12-14-5-7-22-20(9-14)28-17-6-8-26-13-17/h3-5,7,9-11,17,24H,2,6,8,12-13H2,1H3,(H,23,25). The van der Waals surface area contributed by atoms with Gasteiger partial charge >= 0.3 is 0 Å². The lowest BCUT2D eigenvalue weighted by Crippen LogP contribution is -2.23. The van der Waals surface area contributed by atoms with Gasteiger partial charge in [-0.3, -0.25) is 4.79 Å². The average Bonchev–Trinajstić information content (AvgIpc) is 3.36. The highest BCUT2D eigenvalue weighted by atomic mass is 16.5. The van der Waals surface area contributed by atoms with Crippen LogP contribution in [0.15, 0.2) is 42.6 Å². The van der Waals surface area contributed by atoms with Crippen LogP contribution in [0, 0.1) is 0 Å². The van der Waals surface area contributed by atoms with Gasteiger partial charge in [0.15, 0.2) is 0 Å². The number of carbonyl (C=O) groups is 1. The number of aromatic nitrogens is 2. The Morgan fingerprint density at radius 1 is 1.32 bits per heavy atom. The summed E-state index contributed by atoms with van der Waals surface area (Å²) in [6.07, 6.45) is 2.60. The topological polar surface area (TPSA) is 85.5 Å². The van der Waals surface area contributed by atoms with Crippen molar-refractivity contribution >= 4 is 16.8 Å². The Balaban J connectivity index is 1.39. The second-order valence-corrected chi connectivity index (χ2v) is 6.65. The van der Waals surface area contributed by atoms with Crippen LogP contribution in [0.1, 0.15) is 29.4 Å². The first-order valence-electron chi connectivity index (χ1n) is 9.44. The average molecular weight is 381 g/mol. The SMILES string of the molecule is CCOc1ccc2cc(C(=O)NCc3ccnc(OC4CCOC4)c3)[nH]c2c1. The Morgan fingerprint density at radius 3 is 3.07 bits per heavy atom. The number of aromatic amines is 1. The molecule has 1 aromatic carbocycles. The number of ether oxygens (including phenoxy) is 3. The highest BCUT2D eigenvalue weighted by molar-refractivity contribution is 5.98. The Kier molecular flexibility index (Phi) is 5.43. The maximum Gasteiger partial charge on any atom is 0.267 e. The van der Waals surface area contributed by atoms with Crippen LogP contribution >= 0.6 is 0 Å². The summed E-state index contributed by atoms with van der Waals surface area (Å²) < 4.78 is 16.6. The third-order valence-electron chi connectivity index (χ3n) is 4.58. The summed E-state index contributed by atoms with van der Waals surface area (Å²) in [6.45, 7) is 4.24. The molecule has 1 aliphatic heterocycles. The van der Waals surface area contributed by atoms with E-state index in [9.17, 15) is 4.79 Å². The number of amides is 1. The minimum Gasteiger partial charge on any atom is -0.494 e. The number of nitrogens with one attached hydrogen (secondary N) is 2. The van der Waals surface area contributed by atoms with Crippen molar-refractivity contribution in [2.45, 2.75) is 26.0 Å². The van der Waals surface area contributed by atoms with Gasteiger partial charge in [-0.05, 0) is 36.8 Å². The molecule has 146 valence electrons. The van der Waals surface area contributed by atoms with Crippen LogP contribution in [-0.4, -0.2) is 41.8 Å². The van der Waals surface area contributed by atoms with Crippen LogP contribution in [0.25, 0.3) is 10.9 Å². The minimum atomic E-state index is -0.169. The van der Waals surface area contributed by atoms with Gasteiger partial charge in [-0.2, -0.15) is 0 Å². The van der Waals surface area contributed by atoms with Gasteiger partial charge in [-0.1, -0.05) is 0 Å². The van der Waals surface area contributed by atoms with Crippen LogP contribution in [0.3, 0.4) is 0 Å². The molecule has 7 nitrogen and oxygen atoms in total. The van der Waals surface area contributed by atoms with E-state index in [0.29, 0.717) is 31.3 Å². The monoisotopic (exact) mass is 381 g/mol. The number of hydrogen-bond donors (Lipinski definition) is 2. The number of fused-ring (bicyclic) bond motifs is 1. The molecule has 0 saturated carbocycles. The third-order valence-corrected chi connectivity index (χ3v) is 4.58. The summed E-state index contributed by atoms with van der Waals surface area (Å²) in [5.74, 6) is 1.16. The van der Waals surface area contributed by atoms with Gasteiger partial charge in [0, 0.05) is 42.2 Å². The van der Waals surface area contributed by atoms with Crippen LogP contribution in [-0.2, 0) is 11.3 Å². The fourth-order valence-electron chi connectivity index (χ4n) is 3.16. The summed E-state index contributed by atoms with van der Waals surface area (Å²) in [5, 5.41) is 3.89. The molecule has 3 aromatic rings. The predicted molar refractivity (Wildman–Crippen MR) is 105 cm³/mol. The minimum absolute atomic E-state index is 0.0465. The van der Waals surface area contributed by atoms with E-state index in [1.807, 2.05) is 43.3 Å². The largest absolute Gasteiger partial charge is 0.494 e. The second kappa shape index (κ2) is 8.31. The molecule has 1 saturated heterocycles. The van der Waals surface area contributed by atoms with Gasteiger partial charge in [0.25, 0.3) is 5.91 Å². The van der Waals surface area contributed by atoms with Crippen molar-refractivity contribution in [1.82, 2.24) is 15.3 Å². The Labute approximate surface area is 163 Å². The van der Waals surface area contributed by atoms with Crippen LogP contribution in [0.4, 0.5) is 0 Å². The molecule has 1 aliphatic rings. The fraction of sp³-hybridized carbons (Fsp3) is 0.333. The van der Waals surface area contributed by atoms with Gasteiger partial charge in [0.05, 0.1) is 19.8 Å². The normalized spacial score (nSPS) is 16.2. The molecule has 0 aliphatic carbocycles. The van der Waals surface area contributed by atoms with E-state index in [1.165, 1.54) is 0 Å². The lowest BCUT2D eigenvalue weighted by Gasteiger charge is -2.11. The molecule has 28 heavy (non-hydrogen) atoms. The highest BCUT2D eigenvalue weighted by Gasteiger charge is 2.18. The van der Waals surface area contributed by atoms with Gasteiger partial charge in [-0.25, -0.2) is 4.98 Å². The first-order chi connectivity index (χ1) is 13.7. The number of carbonyl (C=O) groups excluding carboxylic acids is 1. The molecule has 1 amide bonds. The number of pyridine rings is 1. The van der Waals surface area contributed by atoms with Crippen molar-refractivity contribution in [2.24, 2.45) is 0 Å². The van der Waals surface area contributed by atoms with Crippen LogP contribution < -0.4 is 14.8 Å². The maximum absolute atomic E-state index is 12.5. The second-order valence-electron chi connectivity index (χ2n) is 6.65. The van der Waals surface area contributed by atoms with E-state index in [4.69, 9.17) is 14.2 Å². The number of nitrogens with zero attached hydrogens (tertiary/aromatic N) is 1. The van der Waals surface area contributed by atoms with E-state index in [2.05, 4.69) is 15.3 Å². The molecule has 1 atom stereocenters. The summed E-state index contributed by atoms with van der Waals surface area (Å²) in [7, 11) is 0. The molecule has 1 fully saturated rings. The number of hydrogen-bond acceptors (Lipinski definition) is 5. The molecule has 3 heterocycles. The van der Waals surface area contributed by atoms with Gasteiger partial charge in [0.2, 0.25) is 5.88 Å².